The first-order valence-electron chi connectivity index (χ1n) is 9.10. The van der Waals surface area contributed by atoms with Crippen molar-refractivity contribution in [1.29, 1.82) is 0 Å². The molecule has 2 aromatic carbocycles. The van der Waals surface area contributed by atoms with E-state index in [4.69, 9.17) is 11.6 Å². The number of carbonyl (C=O) groups excluding carboxylic acids is 2. The Labute approximate surface area is 165 Å². The van der Waals surface area contributed by atoms with Crippen LogP contribution >= 0.6 is 11.6 Å². The molecule has 0 bridgehead atoms. The molecule has 2 aromatic rings. The fourth-order valence-corrected chi connectivity index (χ4v) is 3.31. The van der Waals surface area contributed by atoms with E-state index in [1.807, 2.05) is 24.3 Å². The van der Waals surface area contributed by atoms with Crippen LogP contribution in [-0.4, -0.2) is 36.3 Å². The molecule has 2 N–H and O–H groups in total. The predicted octanol–water partition coefficient (Wildman–Crippen LogP) is 4.11. The van der Waals surface area contributed by atoms with Gasteiger partial charge >= 0.3 is 0 Å². The average Bonchev–Trinajstić information content (AvgIpc) is 2.66. The van der Waals surface area contributed by atoms with Crippen LogP contribution in [-0.2, 0) is 4.79 Å². The van der Waals surface area contributed by atoms with Gasteiger partial charge in [0.25, 0.3) is 5.91 Å². The van der Waals surface area contributed by atoms with E-state index in [1.165, 1.54) is 6.92 Å². The molecule has 2 rings (SSSR count). The van der Waals surface area contributed by atoms with E-state index in [-0.39, 0.29) is 17.9 Å². The van der Waals surface area contributed by atoms with Gasteiger partial charge in [-0.05, 0) is 49.0 Å². The average molecular weight is 388 g/mol. The van der Waals surface area contributed by atoms with Crippen LogP contribution in [0.5, 0.6) is 0 Å². The fraction of sp³-hybridized carbons (Fsp3) is 0.333. The van der Waals surface area contributed by atoms with Crippen molar-refractivity contribution in [3.8, 4) is 0 Å². The minimum atomic E-state index is -0.159. The Balaban J connectivity index is 2.11. The minimum Gasteiger partial charge on any atom is -0.350 e. The molecule has 5 nitrogen and oxygen atoms in total. The molecule has 0 aliphatic carbocycles. The summed E-state index contributed by atoms with van der Waals surface area (Å²) in [5, 5.41) is 6.39. The molecule has 0 heterocycles. The highest BCUT2D eigenvalue weighted by Gasteiger charge is 2.21. The second kappa shape index (κ2) is 10.1. The molecule has 0 radical (unpaired) electrons. The second-order valence-corrected chi connectivity index (χ2v) is 6.63. The zero-order valence-electron chi connectivity index (χ0n) is 16.0. The van der Waals surface area contributed by atoms with Gasteiger partial charge in [0.1, 0.15) is 0 Å². The molecule has 0 saturated heterocycles. The fourth-order valence-electron chi connectivity index (χ4n) is 3.05. The molecule has 0 aromatic heterocycles. The van der Waals surface area contributed by atoms with E-state index >= 15 is 0 Å². The van der Waals surface area contributed by atoms with Gasteiger partial charge in [0.05, 0.1) is 6.04 Å². The molecule has 0 fully saturated rings. The topological polar surface area (TPSA) is 61.4 Å². The largest absolute Gasteiger partial charge is 0.350 e. The Morgan fingerprint density at radius 1 is 1.04 bits per heavy atom. The summed E-state index contributed by atoms with van der Waals surface area (Å²) in [6.07, 6.45) is 0. The lowest BCUT2D eigenvalue weighted by molar-refractivity contribution is -0.114. The number of anilines is 1. The van der Waals surface area contributed by atoms with Crippen LogP contribution in [0.4, 0.5) is 5.69 Å². The third-order valence-electron chi connectivity index (χ3n) is 4.44. The van der Waals surface area contributed by atoms with Gasteiger partial charge in [0.2, 0.25) is 5.91 Å². The third-order valence-corrected chi connectivity index (χ3v) is 4.78. The maximum absolute atomic E-state index is 12.5. The number of likely N-dealkylation sites (N-methyl/N-ethyl adjacent to an activating group) is 1. The number of benzene rings is 2. The summed E-state index contributed by atoms with van der Waals surface area (Å²) < 4.78 is 0. The van der Waals surface area contributed by atoms with Gasteiger partial charge in [0.15, 0.2) is 0 Å². The van der Waals surface area contributed by atoms with Gasteiger partial charge in [0, 0.05) is 29.7 Å². The van der Waals surface area contributed by atoms with Gasteiger partial charge in [-0.1, -0.05) is 43.6 Å². The van der Waals surface area contributed by atoms with Crippen LogP contribution in [0.25, 0.3) is 0 Å². The molecule has 0 aliphatic heterocycles. The van der Waals surface area contributed by atoms with E-state index in [9.17, 15) is 9.59 Å². The van der Waals surface area contributed by atoms with Gasteiger partial charge in [-0.15, -0.1) is 0 Å². The van der Waals surface area contributed by atoms with Gasteiger partial charge in [-0.3, -0.25) is 14.5 Å². The number of hydrogen-bond acceptors (Lipinski definition) is 3. The van der Waals surface area contributed by atoms with Crippen LogP contribution in [0.15, 0.2) is 48.5 Å². The normalized spacial score (nSPS) is 11.9. The summed E-state index contributed by atoms with van der Waals surface area (Å²) in [6.45, 7) is 7.80. The Morgan fingerprint density at radius 3 is 2.22 bits per heavy atom. The van der Waals surface area contributed by atoms with Gasteiger partial charge < -0.3 is 10.6 Å². The van der Waals surface area contributed by atoms with E-state index in [0.29, 0.717) is 22.8 Å². The van der Waals surface area contributed by atoms with Crippen molar-refractivity contribution >= 4 is 29.1 Å². The number of rotatable bonds is 8. The molecule has 1 unspecified atom stereocenters. The third kappa shape index (κ3) is 5.81. The number of nitrogens with zero attached hydrogens (tertiary/aromatic N) is 1. The second-order valence-electron chi connectivity index (χ2n) is 6.23. The van der Waals surface area contributed by atoms with Crippen molar-refractivity contribution in [2.24, 2.45) is 0 Å². The molecule has 1 atom stereocenters. The highest BCUT2D eigenvalue weighted by Crippen LogP contribution is 2.27. The van der Waals surface area contributed by atoms with Gasteiger partial charge in [-0.25, -0.2) is 0 Å². The van der Waals surface area contributed by atoms with Crippen molar-refractivity contribution in [3.63, 3.8) is 0 Å². The standard InChI is InChI=1S/C21H26ClN3O2/c1-4-25(5-2)20(18-8-6-7-9-19(18)22)14-23-21(27)16-10-12-17(13-11-16)24-15(3)26/h6-13,20H,4-5,14H2,1-3H3,(H,23,27)(H,24,26). The number of hydrogen-bond donors (Lipinski definition) is 2. The van der Waals surface area contributed by atoms with Crippen LogP contribution in [0.1, 0.15) is 42.7 Å². The Morgan fingerprint density at radius 2 is 1.67 bits per heavy atom. The summed E-state index contributed by atoms with van der Waals surface area (Å²) >= 11 is 6.39. The quantitative estimate of drug-likeness (QED) is 0.716. The van der Waals surface area contributed by atoms with Crippen molar-refractivity contribution in [2.45, 2.75) is 26.8 Å². The Bertz CT molecular complexity index is 773. The van der Waals surface area contributed by atoms with Crippen molar-refractivity contribution in [2.75, 3.05) is 25.0 Å². The molecule has 2 amide bonds. The van der Waals surface area contributed by atoms with Crippen LogP contribution in [0.2, 0.25) is 5.02 Å². The summed E-state index contributed by atoms with van der Waals surface area (Å²) in [4.78, 5) is 25.9. The molecular formula is C21H26ClN3O2. The van der Waals surface area contributed by atoms with Crippen molar-refractivity contribution in [3.05, 3.63) is 64.7 Å². The summed E-state index contributed by atoms with van der Waals surface area (Å²) in [5.74, 6) is -0.303. The maximum Gasteiger partial charge on any atom is 0.251 e. The summed E-state index contributed by atoms with van der Waals surface area (Å²) in [7, 11) is 0. The first-order valence-corrected chi connectivity index (χ1v) is 9.48. The molecule has 6 heteroatoms. The van der Waals surface area contributed by atoms with E-state index in [2.05, 4.69) is 29.4 Å². The first kappa shape index (κ1) is 20.9. The van der Waals surface area contributed by atoms with Crippen molar-refractivity contribution in [1.82, 2.24) is 10.2 Å². The highest BCUT2D eigenvalue weighted by molar-refractivity contribution is 6.31. The predicted molar refractivity (Wildman–Crippen MR) is 110 cm³/mol. The number of nitrogens with one attached hydrogen (secondary N) is 2. The minimum absolute atomic E-state index is 0.00342. The van der Waals surface area contributed by atoms with Crippen molar-refractivity contribution < 1.29 is 9.59 Å². The van der Waals surface area contributed by atoms with Crippen LogP contribution in [0, 0.1) is 0 Å². The molecule has 0 aliphatic rings. The molecule has 27 heavy (non-hydrogen) atoms. The number of carbonyl (C=O) groups is 2. The molecular weight excluding hydrogens is 362 g/mol. The first-order chi connectivity index (χ1) is 13.0. The zero-order chi connectivity index (χ0) is 19.8. The van der Waals surface area contributed by atoms with Crippen LogP contribution in [0.3, 0.4) is 0 Å². The summed E-state index contributed by atoms with van der Waals surface area (Å²) in [5.41, 5.74) is 2.21. The molecule has 144 valence electrons. The molecule has 0 saturated carbocycles. The SMILES string of the molecule is CCN(CC)C(CNC(=O)c1ccc(NC(C)=O)cc1)c1ccccc1Cl. The van der Waals surface area contributed by atoms with Crippen LogP contribution < -0.4 is 10.6 Å². The van der Waals surface area contributed by atoms with E-state index in [0.717, 1.165) is 18.7 Å². The monoisotopic (exact) mass is 387 g/mol. The lowest BCUT2D eigenvalue weighted by atomic mass is 10.0. The maximum atomic E-state index is 12.5. The molecule has 0 spiro atoms. The number of amides is 2. The lowest BCUT2D eigenvalue weighted by Gasteiger charge is -2.31. The van der Waals surface area contributed by atoms with Gasteiger partial charge in [-0.2, -0.15) is 0 Å². The van der Waals surface area contributed by atoms with E-state index < -0.39 is 0 Å². The highest BCUT2D eigenvalue weighted by atomic mass is 35.5. The van der Waals surface area contributed by atoms with E-state index in [1.54, 1.807) is 24.3 Å². The Hall–Kier alpha value is -2.37. The lowest BCUT2D eigenvalue weighted by Crippen LogP contribution is -2.38. The smallest absolute Gasteiger partial charge is 0.251 e. The zero-order valence-corrected chi connectivity index (χ0v) is 16.7. The number of halogens is 1. The Kier molecular flexibility index (Phi) is 7.82. The summed E-state index contributed by atoms with van der Waals surface area (Å²) in [6, 6.07) is 14.6.